The van der Waals surface area contributed by atoms with Crippen LogP contribution >= 0.6 is 56.9 Å². The molecule has 2 amide bonds. The van der Waals surface area contributed by atoms with Gasteiger partial charge in [0.1, 0.15) is 12.4 Å². The number of carbonyl (C=O) groups is 2. The van der Waals surface area contributed by atoms with Crippen LogP contribution < -0.4 is 4.74 Å². The number of nitrogens with zero attached hydrogens (tertiary/aromatic N) is 1. The summed E-state index contributed by atoms with van der Waals surface area (Å²) >= 11 is 5.48. The number of carbonyl (C=O) groups excluding carboxylic acids is 2. The van der Waals surface area contributed by atoms with Gasteiger partial charge in [-0.05, 0) is 92.7 Å². The van der Waals surface area contributed by atoms with Gasteiger partial charge in [-0.15, -0.1) is 0 Å². The fraction of sp³-hybridized carbons (Fsp3) is 0.120. The molecule has 0 bridgehead atoms. The van der Waals surface area contributed by atoms with Crippen molar-refractivity contribution in [3.8, 4) is 5.75 Å². The van der Waals surface area contributed by atoms with E-state index in [1.54, 1.807) is 6.08 Å². The monoisotopic (exact) mass is 667 g/mol. The van der Waals surface area contributed by atoms with E-state index >= 15 is 0 Å². The first-order valence-corrected chi connectivity index (χ1v) is 12.9. The van der Waals surface area contributed by atoms with Crippen molar-refractivity contribution in [3.63, 3.8) is 0 Å². The maximum atomic E-state index is 13.0. The number of rotatable bonds is 7. The number of amides is 2. The second-order valence-electron chi connectivity index (χ2n) is 7.15. The highest BCUT2D eigenvalue weighted by Crippen LogP contribution is 2.36. The molecular formula is C25H19I2NO3S. The number of imide groups is 1. The predicted octanol–water partition coefficient (Wildman–Crippen LogP) is 6.75. The number of ether oxygens (including phenoxy) is 1. The summed E-state index contributed by atoms with van der Waals surface area (Å²) in [5, 5.41) is -0.232. The van der Waals surface area contributed by atoms with Crippen molar-refractivity contribution in [1.82, 2.24) is 4.90 Å². The number of hydrogen-bond acceptors (Lipinski definition) is 4. The van der Waals surface area contributed by atoms with Gasteiger partial charge >= 0.3 is 0 Å². The van der Waals surface area contributed by atoms with Crippen molar-refractivity contribution in [2.75, 3.05) is 6.54 Å². The van der Waals surface area contributed by atoms with Crippen LogP contribution in [0.2, 0.25) is 0 Å². The molecule has 1 saturated heterocycles. The van der Waals surface area contributed by atoms with E-state index in [1.807, 2.05) is 72.8 Å². The smallest absolute Gasteiger partial charge is 0.293 e. The number of thioether (sulfide) groups is 1. The molecule has 3 aromatic rings. The van der Waals surface area contributed by atoms with Gasteiger partial charge in [0.15, 0.2) is 0 Å². The van der Waals surface area contributed by atoms with Crippen LogP contribution in [0.25, 0.3) is 6.08 Å². The summed E-state index contributed by atoms with van der Waals surface area (Å²) in [5.74, 6) is 0.463. The minimum absolute atomic E-state index is 0.232. The second-order valence-corrected chi connectivity index (χ2v) is 10.6. The molecule has 7 heteroatoms. The van der Waals surface area contributed by atoms with Crippen LogP contribution in [-0.2, 0) is 17.8 Å². The van der Waals surface area contributed by atoms with Gasteiger partial charge < -0.3 is 4.74 Å². The molecule has 0 unspecified atom stereocenters. The van der Waals surface area contributed by atoms with E-state index in [1.165, 1.54) is 4.90 Å². The first-order chi connectivity index (χ1) is 15.5. The Kier molecular flexibility index (Phi) is 7.90. The largest absolute Gasteiger partial charge is 0.487 e. The standard InChI is InChI=1S/C25H19I2NO3S/c26-20-13-19(23(21(27)15-20)31-16-18-9-5-2-6-10-18)14-22-24(29)28(25(30)32-22)12-11-17-7-3-1-4-8-17/h1-10,13-15H,11-12,16H2/b22-14+. The van der Waals surface area contributed by atoms with Crippen molar-refractivity contribution in [2.24, 2.45) is 0 Å². The Bertz CT molecular complexity index is 1170. The van der Waals surface area contributed by atoms with Crippen LogP contribution in [0.4, 0.5) is 4.79 Å². The lowest BCUT2D eigenvalue weighted by molar-refractivity contribution is -0.122. The van der Waals surface area contributed by atoms with Crippen LogP contribution in [0.5, 0.6) is 5.75 Å². The average molecular weight is 667 g/mol. The van der Waals surface area contributed by atoms with E-state index in [0.717, 1.165) is 35.6 Å². The molecule has 0 atom stereocenters. The summed E-state index contributed by atoms with van der Waals surface area (Å²) in [6.07, 6.45) is 2.41. The fourth-order valence-electron chi connectivity index (χ4n) is 3.29. The molecule has 162 valence electrons. The third kappa shape index (κ3) is 5.74. The van der Waals surface area contributed by atoms with Gasteiger partial charge in [0.25, 0.3) is 11.1 Å². The third-order valence-corrected chi connectivity index (χ3v) is 7.22. The maximum Gasteiger partial charge on any atom is 0.293 e. The van der Waals surface area contributed by atoms with Crippen LogP contribution in [0, 0.1) is 7.14 Å². The Balaban J connectivity index is 1.54. The summed E-state index contributed by atoms with van der Waals surface area (Å²) in [6, 6.07) is 23.8. The highest BCUT2D eigenvalue weighted by atomic mass is 127. The molecular weight excluding hydrogens is 648 g/mol. The summed E-state index contributed by atoms with van der Waals surface area (Å²) in [7, 11) is 0. The maximum absolute atomic E-state index is 13.0. The normalized spacial score (nSPS) is 14.9. The Morgan fingerprint density at radius 1 is 0.906 bits per heavy atom. The van der Waals surface area contributed by atoms with Crippen molar-refractivity contribution in [2.45, 2.75) is 13.0 Å². The average Bonchev–Trinajstić information content (AvgIpc) is 3.05. The zero-order valence-electron chi connectivity index (χ0n) is 17.0. The Morgan fingerprint density at radius 3 is 2.25 bits per heavy atom. The molecule has 0 aromatic heterocycles. The molecule has 4 nitrogen and oxygen atoms in total. The van der Waals surface area contributed by atoms with Gasteiger partial charge in [-0.2, -0.15) is 0 Å². The molecule has 0 aliphatic carbocycles. The van der Waals surface area contributed by atoms with Crippen molar-refractivity contribution < 1.29 is 14.3 Å². The van der Waals surface area contributed by atoms with Gasteiger partial charge in [-0.1, -0.05) is 60.7 Å². The fourth-order valence-corrected chi connectivity index (χ4v) is 6.19. The van der Waals surface area contributed by atoms with Gasteiger partial charge in [0, 0.05) is 15.7 Å². The molecule has 1 aliphatic heterocycles. The summed E-state index contributed by atoms with van der Waals surface area (Å²) in [6.45, 7) is 0.796. The van der Waals surface area contributed by atoms with Gasteiger partial charge in [0.2, 0.25) is 0 Å². The molecule has 32 heavy (non-hydrogen) atoms. The second kappa shape index (κ2) is 10.8. The molecule has 4 rings (SSSR count). The lowest BCUT2D eigenvalue weighted by Crippen LogP contribution is -2.30. The van der Waals surface area contributed by atoms with E-state index in [0.29, 0.717) is 30.2 Å². The zero-order chi connectivity index (χ0) is 22.5. The van der Waals surface area contributed by atoms with Gasteiger partial charge in [-0.25, -0.2) is 0 Å². The highest BCUT2D eigenvalue weighted by Gasteiger charge is 2.35. The van der Waals surface area contributed by atoms with Gasteiger partial charge in [-0.3, -0.25) is 14.5 Å². The van der Waals surface area contributed by atoms with E-state index in [2.05, 4.69) is 45.2 Å². The molecule has 0 spiro atoms. The molecule has 1 heterocycles. The molecule has 1 fully saturated rings. The Hall–Kier alpha value is -1.85. The summed E-state index contributed by atoms with van der Waals surface area (Å²) in [5.41, 5.74) is 2.96. The summed E-state index contributed by atoms with van der Waals surface area (Å²) < 4.78 is 8.13. The number of halogens is 2. The van der Waals surface area contributed by atoms with Crippen LogP contribution in [0.3, 0.4) is 0 Å². The lowest BCUT2D eigenvalue weighted by atomic mass is 10.1. The zero-order valence-corrected chi connectivity index (χ0v) is 22.1. The van der Waals surface area contributed by atoms with Gasteiger partial charge in [0.05, 0.1) is 8.48 Å². The first-order valence-electron chi connectivity index (χ1n) is 9.96. The number of benzene rings is 3. The lowest BCUT2D eigenvalue weighted by Gasteiger charge is -2.13. The molecule has 0 saturated carbocycles. The van der Waals surface area contributed by atoms with Crippen molar-refractivity contribution in [1.29, 1.82) is 0 Å². The van der Waals surface area contributed by atoms with Crippen LogP contribution in [-0.4, -0.2) is 22.6 Å². The number of hydrogen-bond donors (Lipinski definition) is 0. The van der Waals surface area contributed by atoms with Crippen LogP contribution in [0.1, 0.15) is 16.7 Å². The Labute approximate surface area is 218 Å². The quantitative estimate of drug-likeness (QED) is 0.207. The van der Waals surface area contributed by atoms with E-state index in [4.69, 9.17) is 4.74 Å². The minimum Gasteiger partial charge on any atom is -0.487 e. The van der Waals surface area contributed by atoms with E-state index < -0.39 is 0 Å². The van der Waals surface area contributed by atoms with E-state index in [9.17, 15) is 9.59 Å². The van der Waals surface area contributed by atoms with Crippen molar-refractivity contribution in [3.05, 3.63) is 102 Å². The third-order valence-electron chi connectivity index (χ3n) is 4.89. The molecule has 3 aromatic carbocycles. The minimum atomic E-state index is -0.251. The topological polar surface area (TPSA) is 46.6 Å². The SMILES string of the molecule is O=C1S/C(=C/c2cc(I)cc(I)c2OCc2ccccc2)C(=O)N1CCc1ccccc1. The molecule has 0 N–H and O–H groups in total. The van der Waals surface area contributed by atoms with Crippen LogP contribution in [0.15, 0.2) is 77.7 Å². The molecule has 0 radical (unpaired) electrons. The predicted molar refractivity (Wildman–Crippen MR) is 145 cm³/mol. The summed E-state index contributed by atoms with van der Waals surface area (Å²) in [4.78, 5) is 27.3. The first kappa shape index (κ1) is 23.3. The van der Waals surface area contributed by atoms with E-state index in [-0.39, 0.29) is 11.1 Å². The highest BCUT2D eigenvalue weighted by molar-refractivity contribution is 14.1. The Morgan fingerprint density at radius 2 is 1.56 bits per heavy atom. The van der Waals surface area contributed by atoms with Crippen molar-refractivity contribution >= 4 is 74.2 Å². The molecule has 1 aliphatic rings.